The number of carbonyl (C=O) groups is 2. The zero-order chi connectivity index (χ0) is 26.8. The second-order valence-corrected chi connectivity index (χ2v) is 9.47. The van der Waals surface area contributed by atoms with Gasteiger partial charge in [-0.3, -0.25) is 9.59 Å². The molecule has 5 rings (SSSR count). The molecule has 10 heteroatoms. The molecule has 0 aliphatic carbocycles. The van der Waals surface area contributed by atoms with Crippen molar-refractivity contribution in [3.8, 4) is 5.75 Å². The van der Waals surface area contributed by atoms with Crippen LogP contribution in [0.1, 0.15) is 28.9 Å². The smallest absolute Gasteiger partial charge is 0.261 e. The molecule has 4 aromatic rings. The lowest BCUT2D eigenvalue weighted by atomic mass is 9.94. The van der Waals surface area contributed by atoms with Gasteiger partial charge in [0.05, 0.1) is 24.6 Å². The molecule has 3 aromatic carbocycles. The molecule has 1 unspecified atom stereocenters. The standard InChI is InChI=1S/C28H23BrFN5O3/c1-16-24(28(37)34-22-10-6-7-11-23(22)38-2)25(19-14-17(29)12-13-21(19)30)35-26(32-16)20(15-31-35)27(36)33-18-8-4-3-5-9-18/h3-15,25,32H,1-2H3,(H,33,36)(H,34,37). The number of nitrogens with zero attached hydrogens (tertiary/aromatic N) is 2. The van der Waals surface area contributed by atoms with Crippen LogP contribution < -0.4 is 20.7 Å². The summed E-state index contributed by atoms with van der Waals surface area (Å²) in [6.45, 7) is 1.70. The number of hydrogen-bond acceptors (Lipinski definition) is 5. The normalized spacial score (nSPS) is 14.4. The zero-order valence-corrected chi connectivity index (χ0v) is 22.0. The maximum Gasteiger partial charge on any atom is 0.261 e. The molecule has 1 aliphatic heterocycles. The number of nitrogens with one attached hydrogen (secondary N) is 3. The SMILES string of the molecule is COc1ccccc1NC(=O)C1=C(C)Nc2c(C(=O)Nc3ccccc3)cnn2C1c1cc(Br)ccc1F. The Morgan fingerprint density at radius 1 is 1.03 bits per heavy atom. The number of amides is 2. The Kier molecular flexibility index (Phi) is 6.97. The Morgan fingerprint density at radius 3 is 2.53 bits per heavy atom. The van der Waals surface area contributed by atoms with E-state index in [0.29, 0.717) is 33.1 Å². The van der Waals surface area contributed by atoms with Crippen molar-refractivity contribution in [2.75, 3.05) is 23.1 Å². The monoisotopic (exact) mass is 575 g/mol. The van der Waals surface area contributed by atoms with Crippen molar-refractivity contribution < 1.29 is 18.7 Å². The predicted octanol–water partition coefficient (Wildman–Crippen LogP) is 5.97. The molecule has 1 atom stereocenters. The Hall–Kier alpha value is -4.44. The highest BCUT2D eigenvalue weighted by molar-refractivity contribution is 9.10. The fraction of sp³-hybridized carbons (Fsp3) is 0.107. The van der Waals surface area contributed by atoms with E-state index in [-0.39, 0.29) is 16.7 Å². The van der Waals surface area contributed by atoms with Gasteiger partial charge in [0, 0.05) is 21.4 Å². The molecule has 1 aliphatic rings. The van der Waals surface area contributed by atoms with Crippen LogP contribution in [0, 0.1) is 5.82 Å². The van der Waals surface area contributed by atoms with Crippen LogP contribution in [0.5, 0.6) is 5.75 Å². The van der Waals surface area contributed by atoms with Gasteiger partial charge >= 0.3 is 0 Å². The summed E-state index contributed by atoms with van der Waals surface area (Å²) in [5.41, 5.74) is 2.22. The van der Waals surface area contributed by atoms with Gasteiger partial charge in [0.1, 0.15) is 29.0 Å². The van der Waals surface area contributed by atoms with Crippen LogP contribution in [-0.2, 0) is 4.79 Å². The Balaban J connectivity index is 1.59. The average molecular weight is 576 g/mol. The van der Waals surface area contributed by atoms with E-state index in [0.717, 1.165) is 0 Å². The van der Waals surface area contributed by atoms with Crippen molar-refractivity contribution in [1.82, 2.24) is 9.78 Å². The highest BCUT2D eigenvalue weighted by Crippen LogP contribution is 2.40. The van der Waals surface area contributed by atoms with E-state index in [4.69, 9.17) is 4.74 Å². The van der Waals surface area contributed by atoms with Gasteiger partial charge in [0.25, 0.3) is 11.8 Å². The van der Waals surface area contributed by atoms with Gasteiger partial charge in [0.15, 0.2) is 0 Å². The summed E-state index contributed by atoms with van der Waals surface area (Å²) in [5, 5.41) is 13.3. The third-order valence-electron chi connectivity index (χ3n) is 6.15. The third-order valence-corrected chi connectivity index (χ3v) is 6.65. The molecule has 0 radical (unpaired) electrons. The van der Waals surface area contributed by atoms with Gasteiger partial charge in [-0.25, -0.2) is 9.07 Å². The molecule has 0 bridgehead atoms. The Labute approximate surface area is 226 Å². The predicted molar refractivity (Wildman–Crippen MR) is 147 cm³/mol. The number of methoxy groups -OCH3 is 1. The van der Waals surface area contributed by atoms with Gasteiger partial charge in [-0.05, 0) is 49.4 Å². The largest absolute Gasteiger partial charge is 0.495 e. The molecule has 0 saturated carbocycles. The number of para-hydroxylation sites is 3. The second kappa shape index (κ2) is 10.5. The summed E-state index contributed by atoms with van der Waals surface area (Å²) in [5.74, 6) is -0.567. The number of aromatic nitrogens is 2. The van der Waals surface area contributed by atoms with Gasteiger partial charge < -0.3 is 20.7 Å². The molecule has 38 heavy (non-hydrogen) atoms. The van der Waals surface area contributed by atoms with Gasteiger partial charge in [-0.1, -0.05) is 46.3 Å². The van der Waals surface area contributed by atoms with Crippen molar-refractivity contribution in [3.05, 3.63) is 112 Å². The summed E-state index contributed by atoms with van der Waals surface area (Å²) in [6.07, 6.45) is 1.40. The minimum Gasteiger partial charge on any atom is -0.495 e. The number of rotatable bonds is 6. The van der Waals surface area contributed by atoms with Crippen molar-refractivity contribution in [2.45, 2.75) is 13.0 Å². The van der Waals surface area contributed by atoms with E-state index in [9.17, 15) is 9.59 Å². The van der Waals surface area contributed by atoms with Crippen LogP contribution in [0.4, 0.5) is 21.6 Å². The molecular formula is C28H23BrFN5O3. The van der Waals surface area contributed by atoms with Crippen LogP contribution in [0.15, 0.2) is 94.7 Å². The Bertz CT molecular complexity index is 1570. The molecule has 0 fully saturated rings. The molecule has 192 valence electrons. The van der Waals surface area contributed by atoms with Gasteiger partial charge in [-0.2, -0.15) is 5.10 Å². The summed E-state index contributed by atoms with van der Waals surface area (Å²) >= 11 is 3.40. The van der Waals surface area contributed by atoms with Crippen LogP contribution in [0.3, 0.4) is 0 Å². The minimum absolute atomic E-state index is 0.213. The second-order valence-electron chi connectivity index (χ2n) is 8.56. The van der Waals surface area contributed by atoms with Gasteiger partial charge in [-0.15, -0.1) is 0 Å². The molecule has 3 N–H and O–H groups in total. The van der Waals surface area contributed by atoms with E-state index in [1.54, 1.807) is 55.5 Å². The number of allylic oxidation sites excluding steroid dienone is 1. The zero-order valence-electron chi connectivity index (χ0n) is 20.5. The molecule has 1 aromatic heterocycles. The van der Waals surface area contributed by atoms with Crippen molar-refractivity contribution in [3.63, 3.8) is 0 Å². The third kappa shape index (κ3) is 4.78. The number of anilines is 3. The van der Waals surface area contributed by atoms with Crippen LogP contribution >= 0.6 is 15.9 Å². The first-order valence-corrected chi connectivity index (χ1v) is 12.5. The summed E-state index contributed by atoms with van der Waals surface area (Å²) < 4.78 is 22.7. The summed E-state index contributed by atoms with van der Waals surface area (Å²) in [7, 11) is 1.51. The Morgan fingerprint density at radius 2 is 1.76 bits per heavy atom. The lowest BCUT2D eigenvalue weighted by Crippen LogP contribution is -2.32. The maximum absolute atomic E-state index is 15.3. The van der Waals surface area contributed by atoms with Crippen LogP contribution in [0.25, 0.3) is 0 Å². The van der Waals surface area contributed by atoms with E-state index in [2.05, 4.69) is 37.0 Å². The number of carbonyl (C=O) groups excluding carboxylic acids is 2. The molecule has 2 heterocycles. The average Bonchev–Trinajstić information content (AvgIpc) is 3.33. The molecule has 0 spiro atoms. The number of hydrogen-bond donors (Lipinski definition) is 3. The fourth-order valence-electron chi connectivity index (χ4n) is 4.38. The van der Waals surface area contributed by atoms with E-state index in [1.807, 2.05) is 18.2 Å². The molecule has 0 saturated heterocycles. The van der Waals surface area contributed by atoms with Crippen LogP contribution in [0.2, 0.25) is 0 Å². The fourth-order valence-corrected chi connectivity index (χ4v) is 4.76. The topological polar surface area (TPSA) is 97.3 Å². The van der Waals surface area contributed by atoms with Crippen molar-refractivity contribution in [1.29, 1.82) is 0 Å². The number of halogens is 2. The first-order valence-electron chi connectivity index (χ1n) is 11.7. The quantitative estimate of drug-likeness (QED) is 0.263. The molecule has 8 nitrogen and oxygen atoms in total. The highest BCUT2D eigenvalue weighted by atomic mass is 79.9. The van der Waals surface area contributed by atoms with E-state index >= 15 is 4.39 Å². The first-order chi connectivity index (χ1) is 18.4. The summed E-state index contributed by atoms with van der Waals surface area (Å²) in [6, 6.07) is 19.5. The lowest BCUT2D eigenvalue weighted by Gasteiger charge is -2.30. The van der Waals surface area contributed by atoms with Crippen molar-refractivity contribution >= 4 is 44.9 Å². The number of benzene rings is 3. The summed E-state index contributed by atoms with van der Waals surface area (Å²) in [4.78, 5) is 26.8. The van der Waals surface area contributed by atoms with E-state index < -0.39 is 23.7 Å². The first kappa shape index (κ1) is 25.2. The van der Waals surface area contributed by atoms with Crippen LogP contribution in [-0.4, -0.2) is 28.7 Å². The molecule has 2 amide bonds. The number of ether oxygens (including phenoxy) is 1. The highest BCUT2D eigenvalue weighted by Gasteiger charge is 2.37. The molecular weight excluding hydrogens is 553 g/mol. The number of fused-ring (bicyclic) bond motifs is 1. The minimum atomic E-state index is -0.961. The lowest BCUT2D eigenvalue weighted by molar-refractivity contribution is -0.113. The maximum atomic E-state index is 15.3. The van der Waals surface area contributed by atoms with E-state index in [1.165, 1.54) is 24.1 Å². The van der Waals surface area contributed by atoms with Crippen molar-refractivity contribution in [2.24, 2.45) is 0 Å². The van der Waals surface area contributed by atoms with Gasteiger partial charge in [0.2, 0.25) is 0 Å².